The summed E-state index contributed by atoms with van der Waals surface area (Å²) in [5.41, 5.74) is 2.07. The Balaban J connectivity index is 2.38. The number of rotatable bonds is 5. The number of para-hydroxylation sites is 1. The van der Waals surface area contributed by atoms with Gasteiger partial charge in [0.15, 0.2) is 0 Å². The van der Waals surface area contributed by atoms with Crippen molar-refractivity contribution in [3.63, 3.8) is 0 Å². The van der Waals surface area contributed by atoms with Crippen LogP contribution in [0.3, 0.4) is 0 Å². The largest absolute Gasteiger partial charge is 0.316 e. The Morgan fingerprint density at radius 2 is 1.86 bits per heavy atom. The highest BCUT2D eigenvalue weighted by molar-refractivity contribution is 7.92. The number of sulfonamides is 1. The molecule has 21 heavy (non-hydrogen) atoms. The summed E-state index contributed by atoms with van der Waals surface area (Å²) >= 11 is 5.87. The summed E-state index contributed by atoms with van der Waals surface area (Å²) in [5.74, 6) is 0. The van der Waals surface area contributed by atoms with Gasteiger partial charge in [-0.1, -0.05) is 29.8 Å². The molecule has 0 atom stereocenters. The molecular formula is C15H17ClN2O2S. The molecule has 0 aliphatic carbocycles. The van der Waals surface area contributed by atoms with Gasteiger partial charge in [-0.2, -0.15) is 0 Å². The number of benzene rings is 2. The zero-order valence-electron chi connectivity index (χ0n) is 11.9. The summed E-state index contributed by atoms with van der Waals surface area (Å²) < 4.78 is 27.7. The van der Waals surface area contributed by atoms with Crippen LogP contribution in [0.5, 0.6) is 0 Å². The predicted octanol–water partition coefficient (Wildman–Crippen LogP) is 3.17. The Labute approximate surface area is 130 Å². The molecular weight excluding hydrogens is 308 g/mol. The molecule has 112 valence electrons. The summed E-state index contributed by atoms with van der Waals surface area (Å²) in [5, 5.41) is 3.53. The molecule has 6 heteroatoms. The zero-order chi connectivity index (χ0) is 15.5. The van der Waals surface area contributed by atoms with Crippen molar-refractivity contribution in [2.45, 2.75) is 18.4 Å². The first kappa shape index (κ1) is 15.8. The normalized spacial score (nSPS) is 11.4. The van der Waals surface area contributed by atoms with E-state index in [1.807, 2.05) is 19.2 Å². The lowest BCUT2D eigenvalue weighted by Crippen LogP contribution is -2.16. The third-order valence-electron chi connectivity index (χ3n) is 3.06. The molecule has 2 aromatic rings. The summed E-state index contributed by atoms with van der Waals surface area (Å²) in [7, 11) is -1.82. The van der Waals surface area contributed by atoms with E-state index in [9.17, 15) is 8.42 Å². The molecule has 4 nitrogen and oxygen atoms in total. The van der Waals surface area contributed by atoms with E-state index in [-0.39, 0.29) is 4.90 Å². The SMILES string of the molecule is CNCc1ccccc1NS(=O)(=O)c1ccc(Cl)cc1C. The molecule has 0 aromatic heterocycles. The molecule has 2 aromatic carbocycles. The average Bonchev–Trinajstić information content (AvgIpc) is 2.40. The molecule has 0 radical (unpaired) electrons. The number of aryl methyl sites for hydroxylation is 1. The fourth-order valence-electron chi connectivity index (χ4n) is 2.08. The van der Waals surface area contributed by atoms with Crippen molar-refractivity contribution in [2.24, 2.45) is 0 Å². The van der Waals surface area contributed by atoms with Gasteiger partial charge < -0.3 is 5.32 Å². The van der Waals surface area contributed by atoms with Crippen LogP contribution in [0.4, 0.5) is 5.69 Å². The monoisotopic (exact) mass is 324 g/mol. The molecule has 0 aliphatic heterocycles. The lowest BCUT2D eigenvalue weighted by Gasteiger charge is -2.14. The maximum absolute atomic E-state index is 12.5. The Morgan fingerprint density at radius 1 is 1.14 bits per heavy atom. The second kappa shape index (κ2) is 6.47. The van der Waals surface area contributed by atoms with Crippen molar-refractivity contribution in [3.8, 4) is 0 Å². The Bertz CT molecular complexity index is 745. The lowest BCUT2D eigenvalue weighted by atomic mass is 10.2. The van der Waals surface area contributed by atoms with Gasteiger partial charge in [-0.25, -0.2) is 8.42 Å². The molecule has 0 unspecified atom stereocenters. The van der Waals surface area contributed by atoms with Crippen LogP contribution in [-0.2, 0) is 16.6 Å². The fraction of sp³-hybridized carbons (Fsp3) is 0.200. The highest BCUT2D eigenvalue weighted by Crippen LogP contribution is 2.24. The van der Waals surface area contributed by atoms with Gasteiger partial charge in [0.2, 0.25) is 0 Å². The highest BCUT2D eigenvalue weighted by Gasteiger charge is 2.18. The van der Waals surface area contributed by atoms with Crippen molar-refractivity contribution in [1.82, 2.24) is 5.32 Å². The lowest BCUT2D eigenvalue weighted by molar-refractivity contribution is 0.600. The van der Waals surface area contributed by atoms with E-state index in [1.54, 1.807) is 31.2 Å². The van der Waals surface area contributed by atoms with E-state index in [0.29, 0.717) is 22.8 Å². The van der Waals surface area contributed by atoms with Gasteiger partial charge in [-0.3, -0.25) is 4.72 Å². The third-order valence-corrected chi connectivity index (χ3v) is 4.82. The fourth-order valence-corrected chi connectivity index (χ4v) is 3.63. The maximum atomic E-state index is 12.5. The minimum absolute atomic E-state index is 0.228. The topological polar surface area (TPSA) is 58.2 Å². The van der Waals surface area contributed by atoms with Crippen molar-refractivity contribution < 1.29 is 8.42 Å². The highest BCUT2D eigenvalue weighted by atomic mass is 35.5. The minimum atomic E-state index is -3.64. The Morgan fingerprint density at radius 3 is 2.52 bits per heavy atom. The van der Waals surface area contributed by atoms with Crippen molar-refractivity contribution in [2.75, 3.05) is 11.8 Å². The van der Waals surface area contributed by atoms with Gasteiger partial charge in [-0.15, -0.1) is 0 Å². The van der Waals surface area contributed by atoms with Gasteiger partial charge in [0.05, 0.1) is 10.6 Å². The predicted molar refractivity (Wildman–Crippen MR) is 86.2 cm³/mol. The molecule has 0 saturated heterocycles. The van der Waals surface area contributed by atoms with E-state index in [1.165, 1.54) is 6.07 Å². The summed E-state index contributed by atoms with van der Waals surface area (Å²) in [6, 6.07) is 12.0. The van der Waals surface area contributed by atoms with Crippen molar-refractivity contribution in [1.29, 1.82) is 0 Å². The molecule has 0 aliphatic rings. The van der Waals surface area contributed by atoms with E-state index in [4.69, 9.17) is 11.6 Å². The molecule has 0 bridgehead atoms. The molecule has 0 saturated carbocycles. The number of anilines is 1. The van der Waals surface area contributed by atoms with Crippen molar-refractivity contribution in [3.05, 3.63) is 58.6 Å². The Kier molecular flexibility index (Phi) is 4.88. The number of hydrogen-bond donors (Lipinski definition) is 2. The summed E-state index contributed by atoms with van der Waals surface area (Å²) in [6.07, 6.45) is 0. The number of nitrogens with one attached hydrogen (secondary N) is 2. The first-order valence-corrected chi connectivity index (χ1v) is 8.31. The number of halogens is 1. The van der Waals surface area contributed by atoms with E-state index in [0.717, 1.165) is 5.56 Å². The van der Waals surface area contributed by atoms with E-state index in [2.05, 4.69) is 10.0 Å². The average molecular weight is 325 g/mol. The molecule has 2 N–H and O–H groups in total. The van der Waals surface area contributed by atoms with Gasteiger partial charge in [0, 0.05) is 11.6 Å². The first-order valence-electron chi connectivity index (χ1n) is 6.45. The molecule has 2 rings (SSSR count). The smallest absolute Gasteiger partial charge is 0.262 e. The van der Waals surface area contributed by atoms with Gasteiger partial charge >= 0.3 is 0 Å². The van der Waals surface area contributed by atoms with Crippen LogP contribution in [0.15, 0.2) is 47.4 Å². The van der Waals surface area contributed by atoms with Crippen LogP contribution in [0.2, 0.25) is 5.02 Å². The molecule has 0 heterocycles. The molecule has 0 amide bonds. The summed E-state index contributed by atoms with van der Waals surface area (Å²) in [6.45, 7) is 2.30. The minimum Gasteiger partial charge on any atom is -0.316 e. The zero-order valence-corrected chi connectivity index (χ0v) is 13.4. The number of hydrogen-bond acceptors (Lipinski definition) is 3. The Hall–Kier alpha value is -1.56. The van der Waals surface area contributed by atoms with Gasteiger partial charge in [0.1, 0.15) is 0 Å². The second-order valence-corrected chi connectivity index (χ2v) is 6.79. The van der Waals surface area contributed by atoms with Gasteiger partial charge in [-0.05, 0) is 49.4 Å². The van der Waals surface area contributed by atoms with Crippen LogP contribution in [-0.4, -0.2) is 15.5 Å². The maximum Gasteiger partial charge on any atom is 0.262 e. The van der Waals surface area contributed by atoms with Crippen molar-refractivity contribution >= 4 is 27.3 Å². The molecule has 0 spiro atoms. The van der Waals surface area contributed by atoms with Crippen LogP contribution < -0.4 is 10.0 Å². The summed E-state index contributed by atoms with van der Waals surface area (Å²) in [4.78, 5) is 0.228. The van der Waals surface area contributed by atoms with E-state index < -0.39 is 10.0 Å². The standard InChI is InChI=1S/C15H17ClN2O2S/c1-11-9-13(16)7-8-15(11)21(19,20)18-14-6-4-3-5-12(14)10-17-2/h3-9,17-18H,10H2,1-2H3. The van der Waals surface area contributed by atoms with E-state index >= 15 is 0 Å². The van der Waals surface area contributed by atoms with Gasteiger partial charge in [0.25, 0.3) is 10.0 Å². The van der Waals surface area contributed by atoms with Crippen LogP contribution >= 0.6 is 11.6 Å². The quantitative estimate of drug-likeness (QED) is 0.888. The first-order chi connectivity index (χ1) is 9.94. The molecule has 0 fully saturated rings. The second-order valence-electron chi connectivity index (χ2n) is 4.70. The van der Waals surface area contributed by atoms with Crippen LogP contribution in [0.25, 0.3) is 0 Å². The van der Waals surface area contributed by atoms with Crippen LogP contribution in [0, 0.1) is 6.92 Å². The third kappa shape index (κ3) is 3.75. The van der Waals surface area contributed by atoms with Crippen LogP contribution in [0.1, 0.15) is 11.1 Å².